The van der Waals surface area contributed by atoms with Crippen LogP contribution >= 0.6 is 28.1 Å². The Balaban J connectivity index is 2.40. The molecule has 0 spiro atoms. The Kier molecular flexibility index (Phi) is 3.93. The highest BCUT2D eigenvalue weighted by Crippen LogP contribution is 2.27. The summed E-state index contributed by atoms with van der Waals surface area (Å²) in [6, 6.07) is 7.77. The summed E-state index contributed by atoms with van der Waals surface area (Å²) in [5.41, 5.74) is 9.41. The fraction of sp³-hybridized carbons (Fsp3) is 0.0769. The van der Waals surface area contributed by atoms with Crippen LogP contribution in [0.15, 0.2) is 41.1 Å². The van der Waals surface area contributed by atoms with Gasteiger partial charge >= 0.3 is 0 Å². The number of hydrogen-bond acceptors (Lipinski definition) is 3. The van der Waals surface area contributed by atoms with E-state index in [-0.39, 0.29) is 0 Å². The van der Waals surface area contributed by atoms with E-state index in [0.29, 0.717) is 4.99 Å². The lowest BCUT2D eigenvalue weighted by Crippen LogP contribution is -2.12. The van der Waals surface area contributed by atoms with Gasteiger partial charge in [0.25, 0.3) is 0 Å². The first-order valence-corrected chi connectivity index (χ1v) is 6.55. The zero-order valence-corrected chi connectivity index (χ0v) is 12.2. The Bertz CT molecular complexity index is 599. The van der Waals surface area contributed by atoms with Crippen molar-refractivity contribution in [2.75, 3.05) is 5.32 Å². The predicted octanol–water partition coefficient (Wildman–Crippen LogP) is 3.53. The molecule has 1 aromatic heterocycles. The molecule has 5 heteroatoms. The van der Waals surface area contributed by atoms with E-state index < -0.39 is 0 Å². The standard InChI is InChI=1S/C13H12BrN3S/c1-8-10(14)3-2-4-11(8)17-12-7-16-6-5-9(12)13(15)18/h2-7,17H,1H3,(H2,15,18). The molecule has 0 bridgehead atoms. The first kappa shape index (κ1) is 13.0. The van der Waals surface area contributed by atoms with Gasteiger partial charge in [-0.3, -0.25) is 4.98 Å². The number of aromatic nitrogens is 1. The average molecular weight is 322 g/mol. The Morgan fingerprint density at radius 2 is 2.11 bits per heavy atom. The molecule has 0 aliphatic carbocycles. The normalized spacial score (nSPS) is 10.1. The molecular weight excluding hydrogens is 310 g/mol. The zero-order chi connectivity index (χ0) is 13.1. The minimum absolute atomic E-state index is 0.354. The number of pyridine rings is 1. The van der Waals surface area contributed by atoms with Crippen LogP contribution in [0.25, 0.3) is 0 Å². The van der Waals surface area contributed by atoms with Crippen LogP contribution in [0.1, 0.15) is 11.1 Å². The van der Waals surface area contributed by atoms with E-state index in [1.807, 2.05) is 25.1 Å². The molecule has 0 aliphatic rings. The second-order valence-corrected chi connectivity index (χ2v) is 5.12. The Morgan fingerprint density at radius 1 is 1.33 bits per heavy atom. The lowest BCUT2D eigenvalue weighted by molar-refractivity contribution is 1.30. The van der Waals surface area contributed by atoms with E-state index in [1.165, 1.54) is 0 Å². The summed E-state index contributed by atoms with van der Waals surface area (Å²) < 4.78 is 1.05. The third kappa shape index (κ3) is 2.68. The fourth-order valence-corrected chi connectivity index (χ4v) is 2.14. The van der Waals surface area contributed by atoms with Crippen molar-refractivity contribution in [3.8, 4) is 0 Å². The lowest BCUT2D eigenvalue weighted by Gasteiger charge is -2.13. The molecule has 0 radical (unpaired) electrons. The molecular formula is C13H12BrN3S. The molecule has 0 atom stereocenters. The number of rotatable bonds is 3. The Hall–Kier alpha value is -1.46. The van der Waals surface area contributed by atoms with E-state index in [2.05, 4.69) is 26.2 Å². The van der Waals surface area contributed by atoms with Crippen LogP contribution in [0.2, 0.25) is 0 Å². The smallest absolute Gasteiger partial charge is 0.106 e. The molecule has 3 nitrogen and oxygen atoms in total. The molecule has 2 rings (SSSR count). The zero-order valence-electron chi connectivity index (χ0n) is 9.77. The van der Waals surface area contributed by atoms with E-state index in [4.69, 9.17) is 18.0 Å². The predicted molar refractivity (Wildman–Crippen MR) is 82.3 cm³/mol. The third-order valence-corrected chi connectivity index (χ3v) is 3.70. The first-order valence-electron chi connectivity index (χ1n) is 5.35. The molecule has 1 aromatic carbocycles. The maximum atomic E-state index is 5.69. The second-order valence-electron chi connectivity index (χ2n) is 3.82. The molecule has 1 heterocycles. The van der Waals surface area contributed by atoms with E-state index in [1.54, 1.807) is 18.5 Å². The topological polar surface area (TPSA) is 50.9 Å². The Morgan fingerprint density at radius 3 is 2.83 bits per heavy atom. The number of benzene rings is 1. The number of nitrogens with two attached hydrogens (primary N) is 1. The summed E-state index contributed by atoms with van der Waals surface area (Å²) in [6.07, 6.45) is 3.39. The number of nitrogens with zero attached hydrogens (tertiary/aromatic N) is 1. The molecule has 18 heavy (non-hydrogen) atoms. The third-order valence-electron chi connectivity index (χ3n) is 2.62. The second kappa shape index (κ2) is 5.46. The molecule has 0 aliphatic heterocycles. The Labute approximate surface area is 120 Å². The summed E-state index contributed by atoms with van der Waals surface area (Å²) >= 11 is 8.53. The van der Waals surface area contributed by atoms with Crippen molar-refractivity contribution in [3.63, 3.8) is 0 Å². The van der Waals surface area contributed by atoms with Gasteiger partial charge in [-0.2, -0.15) is 0 Å². The summed E-state index contributed by atoms with van der Waals surface area (Å²) in [5.74, 6) is 0. The van der Waals surface area contributed by atoms with Crippen LogP contribution < -0.4 is 11.1 Å². The first-order chi connectivity index (χ1) is 8.59. The molecule has 0 saturated carbocycles. The molecule has 92 valence electrons. The van der Waals surface area contributed by atoms with E-state index in [9.17, 15) is 0 Å². The SMILES string of the molecule is Cc1c(Br)cccc1Nc1cnccc1C(N)=S. The van der Waals surface area contributed by atoms with Crippen LogP contribution in [0.4, 0.5) is 11.4 Å². The van der Waals surface area contributed by atoms with Crippen molar-refractivity contribution in [2.24, 2.45) is 5.73 Å². The molecule has 0 unspecified atom stereocenters. The van der Waals surface area contributed by atoms with Crippen LogP contribution in [0.3, 0.4) is 0 Å². The number of nitrogens with one attached hydrogen (secondary N) is 1. The van der Waals surface area contributed by atoms with Crippen LogP contribution in [-0.4, -0.2) is 9.97 Å². The number of halogens is 1. The van der Waals surface area contributed by atoms with Crippen molar-refractivity contribution in [3.05, 3.63) is 52.3 Å². The van der Waals surface area contributed by atoms with Gasteiger partial charge in [-0.25, -0.2) is 0 Å². The highest BCUT2D eigenvalue weighted by atomic mass is 79.9. The van der Waals surface area contributed by atoms with Crippen molar-refractivity contribution >= 4 is 44.5 Å². The largest absolute Gasteiger partial charge is 0.389 e. The lowest BCUT2D eigenvalue weighted by atomic mass is 10.1. The minimum Gasteiger partial charge on any atom is -0.389 e. The number of thiocarbonyl (C=S) groups is 1. The van der Waals surface area contributed by atoms with Crippen molar-refractivity contribution in [1.29, 1.82) is 0 Å². The monoisotopic (exact) mass is 321 g/mol. The molecule has 3 N–H and O–H groups in total. The van der Waals surface area contributed by atoms with Crippen LogP contribution in [0.5, 0.6) is 0 Å². The average Bonchev–Trinajstić information content (AvgIpc) is 2.35. The van der Waals surface area contributed by atoms with Gasteiger partial charge in [-0.05, 0) is 30.7 Å². The van der Waals surface area contributed by atoms with Gasteiger partial charge in [0.05, 0.1) is 11.9 Å². The number of hydrogen-bond donors (Lipinski definition) is 2. The van der Waals surface area contributed by atoms with E-state index in [0.717, 1.165) is 27.0 Å². The van der Waals surface area contributed by atoms with Gasteiger partial charge in [0.2, 0.25) is 0 Å². The van der Waals surface area contributed by atoms with Gasteiger partial charge in [-0.1, -0.05) is 34.2 Å². The fourth-order valence-electron chi connectivity index (χ4n) is 1.60. The summed E-state index contributed by atoms with van der Waals surface area (Å²) in [7, 11) is 0. The highest BCUT2D eigenvalue weighted by molar-refractivity contribution is 9.10. The molecule has 2 aromatic rings. The molecule has 0 amide bonds. The van der Waals surface area contributed by atoms with Crippen molar-refractivity contribution in [1.82, 2.24) is 4.98 Å². The van der Waals surface area contributed by atoms with Crippen molar-refractivity contribution < 1.29 is 0 Å². The maximum Gasteiger partial charge on any atom is 0.106 e. The highest BCUT2D eigenvalue weighted by Gasteiger charge is 2.07. The molecule has 0 saturated heterocycles. The van der Waals surface area contributed by atoms with E-state index >= 15 is 0 Å². The van der Waals surface area contributed by atoms with Crippen molar-refractivity contribution in [2.45, 2.75) is 6.92 Å². The van der Waals surface area contributed by atoms with Gasteiger partial charge in [0.1, 0.15) is 4.99 Å². The summed E-state index contributed by atoms with van der Waals surface area (Å²) in [6.45, 7) is 2.03. The van der Waals surface area contributed by atoms with Crippen LogP contribution in [0, 0.1) is 6.92 Å². The summed E-state index contributed by atoms with van der Waals surface area (Å²) in [5, 5.41) is 3.30. The quantitative estimate of drug-likeness (QED) is 0.849. The summed E-state index contributed by atoms with van der Waals surface area (Å²) in [4.78, 5) is 4.44. The minimum atomic E-state index is 0.354. The number of anilines is 2. The maximum absolute atomic E-state index is 5.69. The van der Waals surface area contributed by atoms with Gasteiger partial charge in [0, 0.05) is 21.9 Å². The van der Waals surface area contributed by atoms with Crippen LogP contribution in [-0.2, 0) is 0 Å². The van der Waals surface area contributed by atoms with Gasteiger partial charge in [-0.15, -0.1) is 0 Å². The van der Waals surface area contributed by atoms with Gasteiger partial charge in [0.15, 0.2) is 0 Å². The van der Waals surface area contributed by atoms with Gasteiger partial charge < -0.3 is 11.1 Å². The molecule has 0 fully saturated rings.